The summed E-state index contributed by atoms with van der Waals surface area (Å²) in [5.74, 6) is -0.296. The Hall–Kier alpha value is -3.14. The van der Waals surface area contributed by atoms with Gasteiger partial charge in [0.1, 0.15) is 6.54 Å². The van der Waals surface area contributed by atoms with E-state index in [0.717, 1.165) is 11.3 Å². The number of hydrogen-bond donors (Lipinski definition) is 2. The lowest BCUT2D eigenvalue weighted by Gasteiger charge is -2.19. The van der Waals surface area contributed by atoms with Crippen LogP contribution < -0.4 is 20.5 Å². The SMILES string of the molecule is CCOc1cc(C(CN=O)NC(=O)c2c(C(=O)OC)csc2N)ccc1OC. The maximum absolute atomic E-state index is 12.8. The van der Waals surface area contributed by atoms with Gasteiger partial charge in [0, 0.05) is 5.38 Å². The van der Waals surface area contributed by atoms with E-state index in [-0.39, 0.29) is 22.7 Å². The predicted molar refractivity (Wildman–Crippen MR) is 105 cm³/mol. The molecule has 0 aliphatic heterocycles. The molecule has 0 aliphatic rings. The second kappa shape index (κ2) is 9.70. The van der Waals surface area contributed by atoms with Gasteiger partial charge in [-0.25, -0.2) is 4.79 Å². The number of thiophene rings is 1. The van der Waals surface area contributed by atoms with Gasteiger partial charge in [0.25, 0.3) is 5.91 Å². The average Bonchev–Trinajstić information content (AvgIpc) is 3.08. The summed E-state index contributed by atoms with van der Waals surface area (Å²) < 4.78 is 15.4. The van der Waals surface area contributed by atoms with Gasteiger partial charge >= 0.3 is 5.97 Å². The van der Waals surface area contributed by atoms with Crippen molar-refractivity contribution in [3.63, 3.8) is 0 Å². The van der Waals surface area contributed by atoms with Gasteiger partial charge < -0.3 is 25.3 Å². The summed E-state index contributed by atoms with van der Waals surface area (Å²) in [6.07, 6.45) is 0. The van der Waals surface area contributed by atoms with Crippen molar-refractivity contribution in [3.8, 4) is 11.5 Å². The number of nitrogens with zero attached hydrogens (tertiary/aromatic N) is 1. The fourth-order valence-electron chi connectivity index (χ4n) is 2.59. The van der Waals surface area contributed by atoms with Crippen LogP contribution in [0.5, 0.6) is 11.5 Å². The molecule has 1 unspecified atom stereocenters. The summed E-state index contributed by atoms with van der Waals surface area (Å²) in [5, 5.41) is 7.21. The van der Waals surface area contributed by atoms with E-state index >= 15 is 0 Å². The van der Waals surface area contributed by atoms with E-state index in [0.29, 0.717) is 23.7 Å². The minimum Gasteiger partial charge on any atom is -0.493 e. The molecule has 2 aromatic rings. The topological polar surface area (TPSA) is 129 Å². The lowest BCUT2D eigenvalue weighted by atomic mass is 10.0. The third-order valence-electron chi connectivity index (χ3n) is 3.90. The molecular weight excluding hydrogens is 386 g/mol. The molecule has 1 aromatic carbocycles. The Balaban J connectivity index is 2.35. The molecule has 1 heterocycles. The van der Waals surface area contributed by atoms with Gasteiger partial charge in [-0.2, -0.15) is 4.91 Å². The first kappa shape index (κ1) is 21.2. The first-order chi connectivity index (χ1) is 13.5. The molecule has 0 spiro atoms. The Labute approximate surface area is 165 Å². The highest BCUT2D eigenvalue weighted by atomic mass is 32.1. The van der Waals surface area contributed by atoms with Crippen LogP contribution in [0.1, 0.15) is 39.2 Å². The maximum atomic E-state index is 12.8. The minimum atomic E-state index is -0.750. The van der Waals surface area contributed by atoms with Crippen LogP contribution in [0.3, 0.4) is 0 Å². The van der Waals surface area contributed by atoms with Crippen molar-refractivity contribution in [1.82, 2.24) is 5.32 Å². The summed E-state index contributed by atoms with van der Waals surface area (Å²) >= 11 is 1.05. The van der Waals surface area contributed by atoms with Crippen molar-refractivity contribution in [2.24, 2.45) is 5.18 Å². The minimum absolute atomic E-state index is 0.00583. The number of nitrogens with one attached hydrogen (secondary N) is 1. The van der Waals surface area contributed by atoms with Gasteiger partial charge in [-0.05, 0) is 24.6 Å². The van der Waals surface area contributed by atoms with Crippen LogP contribution in [0.25, 0.3) is 0 Å². The van der Waals surface area contributed by atoms with Gasteiger partial charge in [-0.15, -0.1) is 11.3 Å². The third-order valence-corrected chi connectivity index (χ3v) is 4.72. The van der Waals surface area contributed by atoms with E-state index in [2.05, 4.69) is 15.2 Å². The van der Waals surface area contributed by atoms with Gasteiger partial charge in [0.2, 0.25) is 0 Å². The van der Waals surface area contributed by atoms with E-state index in [1.165, 1.54) is 19.6 Å². The van der Waals surface area contributed by atoms with Crippen molar-refractivity contribution < 1.29 is 23.8 Å². The van der Waals surface area contributed by atoms with Crippen LogP contribution in [0.2, 0.25) is 0 Å². The highest BCUT2D eigenvalue weighted by Gasteiger charge is 2.26. The number of rotatable bonds is 9. The number of carbonyl (C=O) groups excluding carboxylic acids is 2. The quantitative estimate of drug-likeness (QED) is 0.483. The zero-order valence-electron chi connectivity index (χ0n) is 15.7. The Morgan fingerprint density at radius 1 is 1.29 bits per heavy atom. The molecule has 10 heteroatoms. The Bertz CT molecular complexity index is 867. The summed E-state index contributed by atoms with van der Waals surface area (Å²) in [6.45, 7) is 2.02. The van der Waals surface area contributed by atoms with Crippen LogP contribution in [0.4, 0.5) is 5.00 Å². The number of carbonyl (C=O) groups is 2. The zero-order chi connectivity index (χ0) is 20.7. The standard InChI is InChI=1S/C18H21N3O6S/c1-4-27-14-7-10(5-6-13(14)25-2)12(8-20-24)21-17(22)15-11(18(23)26-3)9-28-16(15)19/h5-7,9,12H,4,8,19H2,1-3H3,(H,21,22). The normalized spacial score (nSPS) is 11.4. The molecule has 3 N–H and O–H groups in total. The number of nitrogen functional groups attached to an aromatic ring is 1. The van der Waals surface area contributed by atoms with E-state index < -0.39 is 17.9 Å². The lowest BCUT2D eigenvalue weighted by Crippen LogP contribution is -2.31. The van der Waals surface area contributed by atoms with Crippen molar-refractivity contribution in [2.45, 2.75) is 13.0 Å². The Morgan fingerprint density at radius 3 is 2.64 bits per heavy atom. The lowest BCUT2D eigenvalue weighted by molar-refractivity contribution is 0.0597. The van der Waals surface area contributed by atoms with E-state index in [1.54, 1.807) is 18.2 Å². The van der Waals surface area contributed by atoms with Crippen molar-refractivity contribution >= 4 is 28.2 Å². The fraction of sp³-hybridized carbons (Fsp3) is 0.333. The number of hydrogen-bond acceptors (Lipinski definition) is 9. The van der Waals surface area contributed by atoms with E-state index in [4.69, 9.17) is 15.2 Å². The van der Waals surface area contributed by atoms with Crippen LogP contribution >= 0.6 is 11.3 Å². The molecule has 2 rings (SSSR count). The molecule has 1 aromatic heterocycles. The predicted octanol–water partition coefficient (Wildman–Crippen LogP) is 2.76. The number of nitrogens with two attached hydrogens (primary N) is 1. The highest BCUT2D eigenvalue weighted by Crippen LogP contribution is 2.31. The Kier molecular flexibility index (Phi) is 7.33. The van der Waals surface area contributed by atoms with Gasteiger partial charge in [0.05, 0.1) is 43.0 Å². The Morgan fingerprint density at radius 2 is 2.04 bits per heavy atom. The van der Waals surface area contributed by atoms with Crippen LogP contribution in [-0.4, -0.2) is 39.2 Å². The van der Waals surface area contributed by atoms with Gasteiger partial charge in [-0.3, -0.25) is 4.79 Å². The van der Waals surface area contributed by atoms with E-state index in [1.807, 2.05) is 6.92 Å². The van der Waals surface area contributed by atoms with Crippen LogP contribution in [0, 0.1) is 4.91 Å². The molecule has 0 fully saturated rings. The fourth-order valence-corrected chi connectivity index (χ4v) is 3.36. The molecule has 28 heavy (non-hydrogen) atoms. The molecular formula is C18H21N3O6S. The molecule has 9 nitrogen and oxygen atoms in total. The summed E-state index contributed by atoms with van der Waals surface area (Å²) in [7, 11) is 2.72. The van der Waals surface area contributed by atoms with Crippen molar-refractivity contribution in [2.75, 3.05) is 33.1 Å². The van der Waals surface area contributed by atoms with Crippen molar-refractivity contribution in [1.29, 1.82) is 0 Å². The summed E-state index contributed by atoms with van der Waals surface area (Å²) in [6, 6.07) is 4.27. The molecule has 0 saturated heterocycles. The molecule has 1 atom stereocenters. The van der Waals surface area contributed by atoms with E-state index in [9.17, 15) is 14.5 Å². The van der Waals surface area contributed by atoms with Gasteiger partial charge in [-0.1, -0.05) is 11.2 Å². The number of benzene rings is 1. The number of ether oxygens (including phenoxy) is 3. The molecule has 150 valence electrons. The smallest absolute Gasteiger partial charge is 0.339 e. The molecule has 1 amide bonds. The zero-order valence-corrected chi connectivity index (χ0v) is 16.5. The number of amides is 1. The number of esters is 1. The monoisotopic (exact) mass is 407 g/mol. The van der Waals surface area contributed by atoms with Gasteiger partial charge in [0.15, 0.2) is 11.5 Å². The van der Waals surface area contributed by atoms with Crippen molar-refractivity contribution in [3.05, 3.63) is 45.2 Å². The van der Waals surface area contributed by atoms with Crippen LogP contribution in [-0.2, 0) is 4.74 Å². The third kappa shape index (κ3) is 4.58. The maximum Gasteiger partial charge on any atom is 0.339 e. The average molecular weight is 407 g/mol. The first-order valence-corrected chi connectivity index (χ1v) is 9.20. The molecule has 0 radical (unpaired) electrons. The highest BCUT2D eigenvalue weighted by molar-refractivity contribution is 7.14. The summed E-state index contributed by atoms with van der Waals surface area (Å²) in [4.78, 5) is 35.6. The molecule has 0 aliphatic carbocycles. The molecule has 0 saturated carbocycles. The largest absolute Gasteiger partial charge is 0.493 e. The summed E-state index contributed by atoms with van der Waals surface area (Å²) in [5.41, 5.74) is 6.51. The number of nitroso groups, excluding NO2 is 1. The number of anilines is 1. The molecule has 0 bridgehead atoms. The first-order valence-electron chi connectivity index (χ1n) is 8.32. The number of methoxy groups -OCH3 is 2. The second-order valence-corrected chi connectivity index (χ2v) is 6.47. The van der Waals surface area contributed by atoms with Crippen LogP contribution in [0.15, 0.2) is 28.8 Å². The second-order valence-electron chi connectivity index (χ2n) is 5.56.